The van der Waals surface area contributed by atoms with E-state index in [4.69, 9.17) is 0 Å². The second-order valence-corrected chi connectivity index (χ2v) is 6.65. The van der Waals surface area contributed by atoms with Gasteiger partial charge < -0.3 is 0 Å². The maximum Gasteiger partial charge on any atom is 0.179 e. The molecule has 2 atom stereocenters. The van der Waals surface area contributed by atoms with Crippen molar-refractivity contribution in [2.24, 2.45) is 0 Å². The molecule has 1 heterocycles. The molecule has 0 aromatic heterocycles. The topological polar surface area (TPSA) is 20.3 Å². The van der Waals surface area contributed by atoms with E-state index < -0.39 is 0 Å². The summed E-state index contributed by atoms with van der Waals surface area (Å²) in [5, 5.41) is 0. The minimum absolute atomic E-state index is 0.0157. The summed E-state index contributed by atoms with van der Waals surface area (Å²) in [5.74, 6) is 2.52. The Balaban J connectivity index is 2.15. The number of aryl methyl sites for hydroxylation is 2. The minimum atomic E-state index is -0.0157. The molecule has 19 heavy (non-hydrogen) atoms. The van der Waals surface area contributed by atoms with E-state index in [-0.39, 0.29) is 11.8 Å². The van der Waals surface area contributed by atoms with Crippen LogP contribution in [-0.4, -0.2) is 40.8 Å². The van der Waals surface area contributed by atoms with Gasteiger partial charge in [-0.05, 0) is 44.9 Å². The molecule has 0 radical (unpaired) electrons. The summed E-state index contributed by atoms with van der Waals surface area (Å²) in [6.45, 7) is 9.43. The lowest BCUT2D eigenvalue weighted by atomic mass is 9.99. The molecule has 1 saturated heterocycles. The van der Waals surface area contributed by atoms with Crippen LogP contribution in [0.25, 0.3) is 0 Å². The summed E-state index contributed by atoms with van der Waals surface area (Å²) in [6, 6.07) is 6.51. The SMILES string of the molecule is Cc1ccc(C(=O)C(C)N2CCSCC2C)cc1C. The largest absolute Gasteiger partial charge is 0.292 e. The Labute approximate surface area is 120 Å². The summed E-state index contributed by atoms with van der Waals surface area (Å²) >= 11 is 1.98. The first-order valence-corrected chi connectivity index (χ1v) is 8.11. The highest BCUT2D eigenvalue weighted by Gasteiger charge is 2.28. The number of ketones is 1. The summed E-state index contributed by atoms with van der Waals surface area (Å²) in [5.41, 5.74) is 3.29. The second kappa shape index (κ2) is 6.10. The highest BCUT2D eigenvalue weighted by molar-refractivity contribution is 7.99. The monoisotopic (exact) mass is 277 g/mol. The predicted molar refractivity (Wildman–Crippen MR) is 83.2 cm³/mol. The van der Waals surface area contributed by atoms with Crippen LogP contribution in [0, 0.1) is 13.8 Å². The number of rotatable bonds is 3. The summed E-state index contributed by atoms with van der Waals surface area (Å²) in [6.07, 6.45) is 0. The number of hydrogen-bond donors (Lipinski definition) is 0. The third-order valence-corrected chi connectivity index (χ3v) is 5.28. The Morgan fingerprint density at radius 1 is 1.37 bits per heavy atom. The van der Waals surface area contributed by atoms with Crippen molar-refractivity contribution in [2.75, 3.05) is 18.1 Å². The fourth-order valence-corrected chi connectivity index (χ4v) is 3.64. The van der Waals surface area contributed by atoms with Crippen molar-refractivity contribution in [1.82, 2.24) is 4.90 Å². The van der Waals surface area contributed by atoms with Crippen molar-refractivity contribution in [2.45, 2.75) is 39.8 Å². The molecule has 1 aliphatic rings. The third-order valence-electron chi connectivity index (χ3n) is 4.09. The number of carbonyl (C=O) groups is 1. The first-order chi connectivity index (χ1) is 9.00. The van der Waals surface area contributed by atoms with Gasteiger partial charge in [-0.3, -0.25) is 9.69 Å². The second-order valence-electron chi connectivity index (χ2n) is 5.50. The molecule has 0 saturated carbocycles. The van der Waals surface area contributed by atoms with Gasteiger partial charge in [0.05, 0.1) is 6.04 Å². The number of nitrogens with zero attached hydrogens (tertiary/aromatic N) is 1. The van der Waals surface area contributed by atoms with Gasteiger partial charge in [-0.15, -0.1) is 0 Å². The van der Waals surface area contributed by atoms with E-state index in [1.54, 1.807) is 0 Å². The molecule has 0 bridgehead atoms. The van der Waals surface area contributed by atoms with E-state index in [0.717, 1.165) is 23.6 Å². The van der Waals surface area contributed by atoms with E-state index in [1.807, 2.05) is 36.9 Å². The number of hydrogen-bond acceptors (Lipinski definition) is 3. The summed E-state index contributed by atoms with van der Waals surface area (Å²) < 4.78 is 0. The van der Waals surface area contributed by atoms with Crippen LogP contribution in [0.3, 0.4) is 0 Å². The Kier molecular flexibility index (Phi) is 4.69. The van der Waals surface area contributed by atoms with Crippen molar-refractivity contribution < 1.29 is 4.79 Å². The number of thioether (sulfide) groups is 1. The fraction of sp³-hybridized carbons (Fsp3) is 0.562. The van der Waals surface area contributed by atoms with E-state index in [9.17, 15) is 4.79 Å². The molecule has 2 rings (SSSR count). The Morgan fingerprint density at radius 2 is 2.11 bits per heavy atom. The number of Topliss-reactive ketones (excluding diaryl/α,β-unsaturated/α-hetero) is 1. The van der Waals surface area contributed by atoms with Crippen LogP contribution in [0.4, 0.5) is 0 Å². The average Bonchev–Trinajstić information content (AvgIpc) is 2.41. The van der Waals surface area contributed by atoms with Gasteiger partial charge in [0.25, 0.3) is 0 Å². The number of benzene rings is 1. The van der Waals surface area contributed by atoms with E-state index >= 15 is 0 Å². The molecule has 104 valence electrons. The van der Waals surface area contributed by atoms with Crippen LogP contribution in [0.5, 0.6) is 0 Å². The zero-order chi connectivity index (χ0) is 14.0. The van der Waals surface area contributed by atoms with Crippen LogP contribution in [0.2, 0.25) is 0 Å². The van der Waals surface area contributed by atoms with E-state index in [1.165, 1.54) is 11.1 Å². The lowest BCUT2D eigenvalue weighted by molar-refractivity contribution is 0.0799. The lowest BCUT2D eigenvalue weighted by Crippen LogP contribution is -2.49. The normalized spacial score (nSPS) is 22.2. The summed E-state index contributed by atoms with van der Waals surface area (Å²) in [7, 11) is 0. The zero-order valence-corrected chi connectivity index (χ0v) is 13.1. The maximum atomic E-state index is 12.6. The average molecular weight is 277 g/mol. The highest BCUT2D eigenvalue weighted by Crippen LogP contribution is 2.21. The van der Waals surface area contributed by atoms with Gasteiger partial charge in [0.2, 0.25) is 0 Å². The summed E-state index contributed by atoms with van der Waals surface area (Å²) in [4.78, 5) is 14.9. The van der Waals surface area contributed by atoms with Crippen molar-refractivity contribution in [3.8, 4) is 0 Å². The lowest BCUT2D eigenvalue weighted by Gasteiger charge is -2.37. The fourth-order valence-electron chi connectivity index (χ4n) is 2.60. The maximum absolute atomic E-state index is 12.6. The predicted octanol–water partition coefficient (Wildman–Crippen LogP) is 3.31. The molecule has 0 amide bonds. The smallest absolute Gasteiger partial charge is 0.179 e. The van der Waals surface area contributed by atoms with Gasteiger partial charge in [-0.2, -0.15) is 11.8 Å². The first kappa shape index (κ1) is 14.6. The van der Waals surface area contributed by atoms with Crippen molar-refractivity contribution in [3.63, 3.8) is 0 Å². The molecule has 1 aromatic carbocycles. The van der Waals surface area contributed by atoms with E-state index in [2.05, 4.69) is 25.7 Å². The quantitative estimate of drug-likeness (QED) is 0.791. The van der Waals surface area contributed by atoms with Crippen LogP contribution in [0.15, 0.2) is 18.2 Å². The Hall–Kier alpha value is -0.800. The van der Waals surface area contributed by atoms with Crippen LogP contribution in [0.1, 0.15) is 35.3 Å². The van der Waals surface area contributed by atoms with Crippen molar-refractivity contribution in [1.29, 1.82) is 0 Å². The zero-order valence-electron chi connectivity index (χ0n) is 12.3. The molecule has 3 heteroatoms. The van der Waals surface area contributed by atoms with Gasteiger partial charge in [0.1, 0.15) is 0 Å². The minimum Gasteiger partial charge on any atom is -0.292 e. The molecule has 0 aliphatic carbocycles. The van der Waals surface area contributed by atoms with Gasteiger partial charge in [0, 0.05) is 29.7 Å². The molecule has 1 aliphatic heterocycles. The Bertz CT molecular complexity index is 472. The molecule has 1 aromatic rings. The first-order valence-electron chi connectivity index (χ1n) is 6.95. The van der Waals surface area contributed by atoms with Gasteiger partial charge in [0.15, 0.2) is 5.78 Å². The van der Waals surface area contributed by atoms with Crippen molar-refractivity contribution in [3.05, 3.63) is 34.9 Å². The molecule has 0 N–H and O–H groups in total. The Morgan fingerprint density at radius 3 is 2.74 bits per heavy atom. The molecule has 1 fully saturated rings. The van der Waals surface area contributed by atoms with Crippen LogP contribution >= 0.6 is 11.8 Å². The number of carbonyl (C=O) groups excluding carboxylic acids is 1. The molecule has 2 unspecified atom stereocenters. The van der Waals surface area contributed by atoms with E-state index in [0.29, 0.717) is 6.04 Å². The molecular weight excluding hydrogens is 254 g/mol. The van der Waals surface area contributed by atoms with Crippen molar-refractivity contribution >= 4 is 17.5 Å². The molecular formula is C16H23NOS. The van der Waals surface area contributed by atoms with Gasteiger partial charge in [-0.25, -0.2) is 0 Å². The van der Waals surface area contributed by atoms with Crippen LogP contribution in [-0.2, 0) is 0 Å². The van der Waals surface area contributed by atoms with Gasteiger partial charge >= 0.3 is 0 Å². The molecule has 2 nitrogen and oxygen atoms in total. The standard InChI is InChI=1S/C16H23NOS/c1-11-5-6-15(9-12(11)2)16(18)14(4)17-7-8-19-10-13(17)3/h5-6,9,13-14H,7-8,10H2,1-4H3. The molecule has 0 spiro atoms. The van der Waals surface area contributed by atoms with Crippen LogP contribution < -0.4 is 0 Å². The third kappa shape index (κ3) is 3.21. The van der Waals surface area contributed by atoms with Gasteiger partial charge in [-0.1, -0.05) is 12.1 Å². The highest BCUT2D eigenvalue weighted by atomic mass is 32.2.